The van der Waals surface area contributed by atoms with Gasteiger partial charge >= 0.3 is 0 Å². The van der Waals surface area contributed by atoms with Gasteiger partial charge in [-0.05, 0) is 18.2 Å². The molecule has 26 heavy (non-hydrogen) atoms. The van der Waals surface area contributed by atoms with Crippen molar-refractivity contribution < 1.29 is 14.3 Å². The van der Waals surface area contributed by atoms with Crippen molar-refractivity contribution in [1.82, 2.24) is 0 Å². The van der Waals surface area contributed by atoms with E-state index in [2.05, 4.69) is 4.99 Å². The maximum Gasteiger partial charge on any atom is 0.254 e. The third-order valence-corrected chi connectivity index (χ3v) is 4.34. The number of hydrogen-bond acceptors (Lipinski definition) is 4. The van der Waals surface area contributed by atoms with Gasteiger partial charge in [0.15, 0.2) is 6.29 Å². The Bertz CT molecular complexity index is 996. The number of nitrogens with zero attached hydrogens (tertiary/aromatic N) is 1. The van der Waals surface area contributed by atoms with Gasteiger partial charge in [0.2, 0.25) is 11.7 Å². The molecule has 0 fully saturated rings. The van der Waals surface area contributed by atoms with E-state index in [4.69, 9.17) is 4.74 Å². The summed E-state index contributed by atoms with van der Waals surface area (Å²) in [6.07, 6.45) is 0.568. The topological polar surface area (TPSA) is 55.7 Å². The summed E-state index contributed by atoms with van der Waals surface area (Å²) >= 11 is 0. The molecular formula is C22H15NO3. The van der Waals surface area contributed by atoms with Crippen molar-refractivity contribution in [2.45, 2.75) is 5.60 Å². The van der Waals surface area contributed by atoms with Gasteiger partial charge in [0.05, 0.1) is 5.69 Å². The number of aldehydes is 1. The van der Waals surface area contributed by atoms with Crippen molar-refractivity contribution in [2.75, 3.05) is 0 Å². The quantitative estimate of drug-likeness (QED) is 0.408. The number of hydrogen-bond donors (Lipinski definition) is 0. The third kappa shape index (κ3) is 2.52. The highest BCUT2D eigenvalue weighted by Gasteiger charge is 2.48. The molecule has 0 aliphatic carbocycles. The Balaban J connectivity index is 1.91. The molecule has 0 radical (unpaired) electrons. The Morgan fingerprint density at radius 1 is 0.846 bits per heavy atom. The molecule has 0 N–H and O–H groups in total. The van der Waals surface area contributed by atoms with Crippen molar-refractivity contribution in [3.05, 3.63) is 102 Å². The predicted octanol–water partition coefficient (Wildman–Crippen LogP) is 4.07. The predicted molar refractivity (Wildman–Crippen MR) is 98.7 cm³/mol. The van der Waals surface area contributed by atoms with Crippen LogP contribution in [0.4, 0.5) is 5.69 Å². The molecule has 0 amide bonds. The van der Waals surface area contributed by atoms with Crippen molar-refractivity contribution >= 4 is 23.7 Å². The average molecular weight is 341 g/mol. The molecule has 4 nitrogen and oxygen atoms in total. The van der Waals surface area contributed by atoms with E-state index < -0.39 is 11.4 Å². The van der Waals surface area contributed by atoms with Gasteiger partial charge in [0.1, 0.15) is 0 Å². The summed E-state index contributed by atoms with van der Waals surface area (Å²) in [6, 6.07) is 25.0. The SMILES string of the molecule is O=CC1(C(=O)c2ccccc2)OC(c2ccccc2)=Nc2ccccc21. The first kappa shape index (κ1) is 16.0. The molecule has 126 valence electrons. The van der Waals surface area contributed by atoms with E-state index in [0.717, 1.165) is 0 Å². The van der Waals surface area contributed by atoms with Crippen LogP contribution in [0.25, 0.3) is 0 Å². The lowest BCUT2D eigenvalue weighted by Gasteiger charge is -2.33. The van der Waals surface area contributed by atoms with E-state index in [-0.39, 0.29) is 5.90 Å². The number of benzene rings is 3. The third-order valence-electron chi connectivity index (χ3n) is 4.34. The number of ketones is 1. The molecule has 1 aliphatic heterocycles. The summed E-state index contributed by atoms with van der Waals surface area (Å²) in [5, 5.41) is 0. The van der Waals surface area contributed by atoms with Gasteiger partial charge < -0.3 is 4.74 Å². The summed E-state index contributed by atoms with van der Waals surface area (Å²) in [5.74, 6) is -0.162. The highest BCUT2D eigenvalue weighted by molar-refractivity contribution is 6.16. The Hall–Kier alpha value is -3.53. The molecule has 0 saturated carbocycles. The zero-order valence-corrected chi connectivity index (χ0v) is 13.8. The van der Waals surface area contributed by atoms with Crippen LogP contribution in [0.3, 0.4) is 0 Å². The van der Waals surface area contributed by atoms with E-state index >= 15 is 0 Å². The molecule has 1 heterocycles. The average Bonchev–Trinajstić information content (AvgIpc) is 2.73. The molecule has 4 heteroatoms. The fourth-order valence-electron chi connectivity index (χ4n) is 3.04. The highest BCUT2D eigenvalue weighted by Crippen LogP contribution is 2.39. The van der Waals surface area contributed by atoms with Gasteiger partial charge in [-0.25, -0.2) is 4.99 Å². The van der Waals surface area contributed by atoms with Crippen molar-refractivity contribution in [1.29, 1.82) is 0 Å². The summed E-state index contributed by atoms with van der Waals surface area (Å²) in [5.41, 5.74) is 0.348. The van der Waals surface area contributed by atoms with Crippen LogP contribution in [-0.2, 0) is 15.1 Å². The molecule has 1 unspecified atom stereocenters. The second kappa shape index (κ2) is 6.41. The minimum atomic E-state index is -1.76. The van der Waals surface area contributed by atoms with Crippen LogP contribution in [0.1, 0.15) is 21.5 Å². The van der Waals surface area contributed by atoms with Crippen LogP contribution in [0.2, 0.25) is 0 Å². The van der Waals surface area contributed by atoms with Crippen molar-refractivity contribution in [3.63, 3.8) is 0 Å². The van der Waals surface area contributed by atoms with Gasteiger partial charge in [0.25, 0.3) is 5.60 Å². The van der Waals surface area contributed by atoms with Crippen molar-refractivity contribution in [3.8, 4) is 0 Å². The normalized spacial score (nSPS) is 18.2. The number of rotatable bonds is 4. The number of Topliss-reactive ketones (excluding diaryl/α,β-unsaturated/α-hetero) is 1. The van der Waals surface area contributed by atoms with Gasteiger partial charge in [-0.15, -0.1) is 0 Å². The van der Waals surface area contributed by atoms with Gasteiger partial charge in [-0.2, -0.15) is 0 Å². The zero-order chi connectivity index (χ0) is 18.0. The molecule has 1 aliphatic rings. The molecule has 0 aromatic heterocycles. The number of carbonyl (C=O) groups is 2. The van der Waals surface area contributed by atoms with Crippen molar-refractivity contribution in [2.24, 2.45) is 4.99 Å². The number of para-hydroxylation sites is 1. The van der Waals surface area contributed by atoms with Crippen LogP contribution in [0, 0.1) is 0 Å². The van der Waals surface area contributed by atoms with Gasteiger partial charge in [0, 0.05) is 16.7 Å². The highest BCUT2D eigenvalue weighted by atomic mass is 16.5. The first-order valence-corrected chi connectivity index (χ1v) is 8.23. The van der Waals surface area contributed by atoms with E-state index in [1.807, 2.05) is 42.5 Å². The minimum Gasteiger partial charge on any atom is -0.449 e. The summed E-state index contributed by atoms with van der Waals surface area (Å²) < 4.78 is 5.98. The summed E-state index contributed by atoms with van der Waals surface area (Å²) in [4.78, 5) is 30.0. The standard InChI is InChI=1S/C22H15NO3/c24-15-22(20(25)16-9-3-1-4-10-16)18-13-7-8-14-19(18)23-21(26-22)17-11-5-2-6-12-17/h1-15H. The first-order chi connectivity index (χ1) is 12.7. The van der Waals surface area contributed by atoms with Crippen LogP contribution in [0.5, 0.6) is 0 Å². The Kier molecular flexibility index (Phi) is 3.93. The molecule has 3 aromatic carbocycles. The first-order valence-electron chi connectivity index (χ1n) is 8.23. The van der Waals surface area contributed by atoms with E-state index in [1.165, 1.54) is 0 Å². The summed E-state index contributed by atoms with van der Waals surface area (Å²) in [7, 11) is 0. The maximum atomic E-state index is 13.3. The number of fused-ring (bicyclic) bond motifs is 1. The van der Waals surface area contributed by atoms with Crippen LogP contribution < -0.4 is 0 Å². The Morgan fingerprint density at radius 3 is 2.15 bits per heavy atom. The fraction of sp³-hybridized carbons (Fsp3) is 0.0455. The van der Waals surface area contributed by atoms with E-state index in [1.54, 1.807) is 42.5 Å². The van der Waals surface area contributed by atoms with Crippen LogP contribution in [0.15, 0.2) is 89.9 Å². The zero-order valence-electron chi connectivity index (χ0n) is 13.8. The molecule has 0 spiro atoms. The molecule has 0 saturated heterocycles. The van der Waals surface area contributed by atoms with Gasteiger partial charge in [-0.3, -0.25) is 9.59 Å². The lowest BCUT2D eigenvalue weighted by Crippen LogP contribution is -2.44. The smallest absolute Gasteiger partial charge is 0.254 e. The molecule has 4 rings (SSSR count). The van der Waals surface area contributed by atoms with Gasteiger partial charge in [-0.1, -0.05) is 66.7 Å². The van der Waals surface area contributed by atoms with Crippen LogP contribution in [-0.4, -0.2) is 18.0 Å². The maximum absolute atomic E-state index is 13.3. The number of aliphatic imine (C=N–C) groups is 1. The Morgan fingerprint density at radius 2 is 1.46 bits per heavy atom. The van der Waals surface area contributed by atoms with E-state index in [9.17, 15) is 9.59 Å². The molecule has 3 aromatic rings. The Labute approximate surface area is 150 Å². The molecule has 0 bridgehead atoms. The number of carbonyl (C=O) groups excluding carboxylic acids is 2. The monoisotopic (exact) mass is 341 g/mol. The molecular weight excluding hydrogens is 326 g/mol. The lowest BCUT2D eigenvalue weighted by molar-refractivity contribution is -0.119. The second-order valence-electron chi connectivity index (χ2n) is 5.95. The summed E-state index contributed by atoms with van der Waals surface area (Å²) in [6.45, 7) is 0. The molecule has 1 atom stereocenters. The lowest BCUT2D eigenvalue weighted by atomic mass is 9.85. The second-order valence-corrected chi connectivity index (χ2v) is 5.95. The largest absolute Gasteiger partial charge is 0.449 e. The minimum absolute atomic E-state index is 0.251. The fourth-order valence-corrected chi connectivity index (χ4v) is 3.04. The van der Waals surface area contributed by atoms with Crippen LogP contribution >= 0.6 is 0 Å². The number of ether oxygens (including phenoxy) is 1. The van der Waals surface area contributed by atoms with E-state index in [0.29, 0.717) is 28.7 Å².